The average molecular weight is 716 g/mol. The molecule has 0 saturated carbocycles. The van der Waals surface area contributed by atoms with Crippen LogP contribution in [0.1, 0.15) is 25.0 Å². The fourth-order valence-electron chi connectivity index (χ4n) is 10.6. The third-order valence-corrected chi connectivity index (χ3v) is 12.9. The smallest absolute Gasteiger partial charge is 0.247 e. The second-order valence-corrected chi connectivity index (χ2v) is 16.1. The molecular formula is C51H34BN3O. The summed E-state index contributed by atoms with van der Waals surface area (Å²) in [4.78, 5) is 2.52. The Morgan fingerprint density at radius 2 is 1.09 bits per heavy atom. The standard InChI is InChI=1S/C51H34BN3O/c1-51(2)37-21-14-24-43-49(37)52(39-27-36-34-20-13-26-48-50(34)55(44(36)29-38(39)51)42-23-11-12-25-47(42)56-48)40-28-35-33-19-9-10-22-41(33)53(31-15-5-3-6-16-31)45(35)30-46(40)54(43)32-17-7-4-8-18-32/h3-30H,1-2H3. The summed E-state index contributed by atoms with van der Waals surface area (Å²) in [7, 11) is 0. The molecule has 0 atom stereocenters. The summed E-state index contributed by atoms with van der Waals surface area (Å²) in [6, 6.07) is 62.6. The lowest BCUT2D eigenvalue weighted by Gasteiger charge is -2.45. The highest BCUT2D eigenvalue weighted by atomic mass is 16.5. The zero-order valence-corrected chi connectivity index (χ0v) is 31.0. The molecule has 56 heavy (non-hydrogen) atoms. The maximum absolute atomic E-state index is 6.55. The monoisotopic (exact) mass is 715 g/mol. The van der Waals surface area contributed by atoms with Gasteiger partial charge in [-0.15, -0.1) is 0 Å². The van der Waals surface area contributed by atoms with Gasteiger partial charge in [0.05, 0.1) is 27.8 Å². The number of anilines is 3. The fourth-order valence-corrected chi connectivity index (χ4v) is 10.6. The molecule has 0 spiro atoms. The predicted octanol–water partition coefficient (Wildman–Crippen LogP) is 10.9. The summed E-state index contributed by atoms with van der Waals surface area (Å²) in [5.41, 5.74) is 17.2. The second-order valence-electron chi connectivity index (χ2n) is 16.1. The Hall–Kier alpha value is -6.98. The highest BCUT2D eigenvalue weighted by molar-refractivity contribution is 6.99. The summed E-state index contributed by atoms with van der Waals surface area (Å²) in [6.45, 7) is 4.87. The Bertz CT molecular complexity index is 3320. The first-order valence-electron chi connectivity index (χ1n) is 19.6. The number of nitrogens with zero attached hydrogens (tertiary/aromatic N) is 3. The maximum atomic E-state index is 6.55. The molecule has 3 aliphatic rings. The van der Waals surface area contributed by atoms with Gasteiger partial charge in [0, 0.05) is 49.7 Å². The van der Waals surface area contributed by atoms with Crippen LogP contribution >= 0.6 is 0 Å². The summed E-state index contributed by atoms with van der Waals surface area (Å²) in [6.07, 6.45) is 0. The van der Waals surface area contributed by atoms with Crippen molar-refractivity contribution < 1.29 is 4.74 Å². The highest BCUT2D eigenvalue weighted by Crippen LogP contribution is 2.48. The molecule has 4 nitrogen and oxygen atoms in total. The van der Waals surface area contributed by atoms with Crippen molar-refractivity contribution in [3.63, 3.8) is 0 Å². The normalized spacial score (nSPS) is 14.5. The van der Waals surface area contributed by atoms with Crippen molar-refractivity contribution in [1.82, 2.24) is 9.13 Å². The Morgan fingerprint density at radius 3 is 1.95 bits per heavy atom. The minimum atomic E-state index is -0.261. The van der Waals surface area contributed by atoms with Gasteiger partial charge in [0.15, 0.2) is 11.5 Å². The van der Waals surface area contributed by atoms with Gasteiger partial charge in [-0.2, -0.15) is 0 Å². The molecule has 0 bridgehead atoms. The van der Waals surface area contributed by atoms with E-state index in [9.17, 15) is 0 Å². The van der Waals surface area contributed by atoms with Crippen LogP contribution < -0.4 is 26.0 Å². The molecule has 3 aliphatic heterocycles. The topological polar surface area (TPSA) is 22.3 Å². The molecular weight excluding hydrogens is 681 g/mol. The lowest BCUT2D eigenvalue weighted by molar-refractivity contribution is 0.476. The molecule has 0 radical (unpaired) electrons. The van der Waals surface area contributed by atoms with E-state index in [0.717, 1.165) is 34.1 Å². The van der Waals surface area contributed by atoms with Crippen molar-refractivity contribution >= 4 is 83.8 Å². The predicted molar refractivity (Wildman–Crippen MR) is 233 cm³/mol. The van der Waals surface area contributed by atoms with E-state index in [4.69, 9.17) is 4.74 Å². The molecule has 262 valence electrons. The lowest BCUT2D eigenvalue weighted by Crippen LogP contribution is -2.64. The zero-order chi connectivity index (χ0) is 36.9. The first-order chi connectivity index (χ1) is 27.6. The Labute approximate surface area is 324 Å². The number of para-hydroxylation sites is 6. The Morgan fingerprint density at radius 1 is 0.446 bits per heavy atom. The average Bonchev–Trinajstić information content (AvgIpc) is 3.74. The van der Waals surface area contributed by atoms with Crippen molar-refractivity contribution in [3.8, 4) is 22.9 Å². The first-order valence-corrected chi connectivity index (χ1v) is 19.6. The van der Waals surface area contributed by atoms with Gasteiger partial charge >= 0.3 is 0 Å². The van der Waals surface area contributed by atoms with Crippen molar-refractivity contribution in [2.45, 2.75) is 19.3 Å². The molecule has 0 aliphatic carbocycles. The van der Waals surface area contributed by atoms with Crippen LogP contribution in [0.4, 0.5) is 17.1 Å². The molecule has 5 heterocycles. The highest BCUT2D eigenvalue weighted by Gasteiger charge is 2.47. The number of aromatic nitrogens is 2. The minimum absolute atomic E-state index is 0.0297. The van der Waals surface area contributed by atoms with Crippen LogP contribution in [0.15, 0.2) is 170 Å². The molecule has 0 amide bonds. The molecule has 0 fully saturated rings. The van der Waals surface area contributed by atoms with E-state index in [-0.39, 0.29) is 12.1 Å². The molecule has 13 rings (SSSR count). The van der Waals surface area contributed by atoms with Gasteiger partial charge in [0.1, 0.15) is 0 Å². The number of fused-ring (bicyclic) bond motifs is 12. The van der Waals surface area contributed by atoms with Crippen molar-refractivity contribution in [2.75, 3.05) is 4.90 Å². The van der Waals surface area contributed by atoms with E-state index >= 15 is 0 Å². The van der Waals surface area contributed by atoms with Gasteiger partial charge in [0.25, 0.3) is 0 Å². The molecule has 0 saturated heterocycles. The quantitative estimate of drug-likeness (QED) is 0.166. The molecule has 10 aromatic rings. The summed E-state index contributed by atoms with van der Waals surface area (Å²) in [5.74, 6) is 1.79. The SMILES string of the molecule is CC1(C)c2cc3c(cc2B2c4cc5c6ccccc6n(-c6ccccc6)c5cc4N(c4ccccc4)c4cccc1c42)c1cccc2c1n3-c1ccccc1O2. The molecule has 0 unspecified atom stereocenters. The third kappa shape index (κ3) is 3.75. The maximum Gasteiger partial charge on any atom is 0.247 e. The largest absolute Gasteiger partial charge is 0.453 e. The zero-order valence-electron chi connectivity index (χ0n) is 31.0. The van der Waals surface area contributed by atoms with Gasteiger partial charge < -0.3 is 18.8 Å². The van der Waals surface area contributed by atoms with Crippen molar-refractivity contribution in [2.24, 2.45) is 0 Å². The number of rotatable bonds is 2. The van der Waals surface area contributed by atoms with Crippen LogP contribution in [-0.2, 0) is 5.41 Å². The number of benzene rings is 8. The van der Waals surface area contributed by atoms with Gasteiger partial charge in [-0.1, -0.05) is 122 Å². The summed E-state index contributed by atoms with van der Waals surface area (Å²) < 4.78 is 11.4. The van der Waals surface area contributed by atoms with Crippen LogP contribution in [0.3, 0.4) is 0 Å². The summed E-state index contributed by atoms with van der Waals surface area (Å²) >= 11 is 0. The Kier molecular flexibility index (Phi) is 5.76. The molecule has 0 N–H and O–H groups in total. The van der Waals surface area contributed by atoms with E-state index in [2.05, 4.69) is 198 Å². The number of hydrogen-bond donors (Lipinski definition) is 0. The van der Waals surface area contributed by atoms with Crippen LogP contribution in [0.5, 0.6) is 11.5 Å². The molecule has 2 aromatic heterocycles. The third-order valence-electron chi connectivity index (χ3n) is 12.9. The number of hydrogen-bond acceptors (Lipinski definition) is 2. The Balaban J connectivity index is 1.18. The summed E-state index contributed by atoms with van der Waals surface area (Å²) in [5, 5.41) is 5.01. The van der Waals surface area contributed by atoms with Crippen LogP contribution in [-0.4, -0.2) is 15.8 Å². The van der Waals surface area contributed by atoms with Gasteiger partial charge in [-0.25, -0.2) is 0 Å². The van der Waals surface area contributed by atoms with E-state index < -0.39 is 0 Å². The van der Waals surface area contributed by atoms with Crippen LogP contribution in [0, 0.1) is 0 Å². The van der Waals surface area contributed by atoms with E-state index in [1.165, 1.54) is 77.0 Å². The van der Waals surface area contributed by atoms with Crippen LogP contribution in [0.25, 0.3) is 55.0 Å². The second kappa shape index (κ2) is 10.6. The molecule has 8 aromatic carbocycles. The van der Waals surface area contributed by atoms with Gasteiger partial charge in [-0.3, -0.25) is 0 Å². The van der Waals surface area contributed by atoms with Crippen LogP contribution in [0.2, 0.25) is 0 Å². The lowest BCUT2D eigenvalue weighted by atomic mass is 9.30. The minimum Gasteiger partial charge on any atom is -0.453 e. The fraction of sp³-hybridized carbons (Fsp3) is 0.0588. The van der Waals surface area contributed by atoms with E-state index in [0.29, 0.717) is 0 Å². The van der Waals surface area contributed by atoms with Crippen molar-refractivity contribution in [1.29, 1.82) is 0 Å². The van der Waals surface area contributed by atoms with Gasteiger partial charge in [-0.05, 0) is 88.8 Å². The first kappa shape index (κ1) is 30.4. The van der Waals surface area contributed by atoms with Crippen molar-refractivity contribution in [3.05, 3.63) is 181 Å². The molecule has 5 heteroatoms. The van der Waals surface area contributed by atoms with E-state index in [1.54, 1.807) is 0 Å². The van der Waals surface area contributed by atoms with Gasteiger partial charge in [0.2, 0.25) is 6.71 Å². The van der Waals surface area contributed by atoms with E-state index in [1.807, 2.05) is 0 Å². The number of ether oxygens (including phenoxy) is 1.